The summed E-state index contributed by atoms with van der Waals surface area (Å²) in [5, 5.41) is 5.70. The van der Waals surface area contributed by atoms with Gasteiger partial charge in [0.1, 0.15) is 5.75 Å². The van der Waals surface area contributed by atoms with Crippen LogP contribution in [0, 0.1) is 0 Å². The largest absolute Gasteiger partial charge is 0.497 e. The molecule has 2 aromatic rings. The van der Waals surface area contributed by atoms with Gasteiger partial charge in [0, 0.05) is 32.4 Å². The number of hydrogen-bond acceptors (Lipinski definition) is 3. The van der Waals surface area contributed by atoms with Gasteiger partial charge in [-0.25, -0.2) is 4.79 Å². The SMILES string of the molecule is COc1cccc(CNC(=O)NCCN(C)c2ccccc2)c1. The molecule has 0 heterocycles. The summed E-state index contributed by atoms with van der Waals surface area (Å²) >= 11 is 0. The first kappa shape index (κ1) is 16.7. The van der Waals surface area contributed by atoms with Gasteiger partial charge < -0.3 is 20.3 Å². The van der Waals surface area contributed by atoms with Crippen molar-refractivity contribution in [2.45, 2.75) is 6.54 Å². The Kier molecular flexibility index (Phi) is 6.29. The van der Waals surface area contributed by atoms with Crippen LogP contribution < -0.4 is 20.3 Å². The second-order valence-corrected chi connectivity index (χ2v) is 5.22. The summed E-state index contributed by atoms with van der Waals surface area (Å²) in [5.74, 6) is 0.786. The second kappa shape index (κ2) is 8.68. The number of ether oxygens (including phenoxy) is 1. The van der Waals surface area contributed by atoms with Crippen LogP contribution in [0.3, 0.4) is 0 Å². The lowest BCUT2D eigenvalue weighted by Gasteiger charge is -2.19. The molecule has 2 rings (SSSR count). The minimum Gasteiger partial charge on any atom is -0.497 e. The van der Waals surface area contributed by atoms with Crippen molar-refractivity contribution < 1.29 is 9.53 Å². The molecule has 0 saturated carbocycles. The molecule has 0 saturated heterocycles. The van der Waals surface area contributed by atoms with Crippen LogP contribution in [0.5, 0.6) is 5.75 Å². The van der Waals surface area contributed by atoms with Crippen molar-refractivity contribution in [2.75, 3.05) is 32.1 Å². The van der Waals surface area contributed by atoms with Crippen LogP contribution in [0.25, 0.3) is 0 Å². The van der Waals surface area contributed by atoms with Gasteiger partial charge >= 0.3 is 6.03 Å². The van der Waals surface area contributed by atoms with Crippen LogP contribution >= 0.6 is 0 Å². The molecular formula is C18H23N3O2. The Labute approximate surface area is 137 Å². The molecule has 0 radical (unpaired) electrons. The Morgan fingerprint density at radius 3 is 2.61 bits per heavy atom. The van der Waals surface area contributed by atoms with E-state index in [1.807, 2.05) is 61.6 Å². The highest BCUT2D eigenvalue weighted by Gasteiger charge is 2.03. The van der Waals surface area contributed by atoms with Crippen molar-refractivity contribution in [1.82, 2.24) is 10.6 Å². The lowest BCUT2D eigenvalue weighted by Crippen LogP contribution is -2.39. The molecule has 0 atom stereocenters. The van der Waals surface area contributed by atoms with Gasteiger partial charge in [0.15, 0.2) is 0 Å². The number of urea groups is 1. The molecular weight excluding hydrogens is 290 g/mol. The van der Waals surface area contributed by atoms with E-state index in [9.17, 15) is 4.79 Å². The summed E-state index contributed by atoms with van der Waals surface area (Å²) in [6, 6.07) is 17.5. The highest BCUT2D eigenvalue weighted by Crippen LogP contribution is 2.12. The summed E-state index contributed by atoms with van der Waals surface area (Å²) in [4.78, 5) is 13.9. The van der Waals surface area contributed by atoms with E-state index < -0.39 is 0 Å². The topological polar surface area (TPSA) is 53.6 Å². The molecule has 2 aromatic carbocycles. The van der Waals surface area contributed by atoms with Gasteiger partial charge in [-0.05, 0) is 29.8 Å². The fraction of sp³-hybridized carbons (Fsp3) is 0.278. The fourth-order valence-electron chi connectivity index (χ4n) is 2.18. The van der Waals surface area contributed by atoms with E-state index >= 15 is 0 Å². The maximum Gasteiger partial charge on any atom is 0.315 e. The monoisotopic (exact) mass is 313 g/mol. The summed E-state index contributed by atoms with van der Waals surface area (Å²) in [6.45, 7) is 1.80. The zero-order valence-electron chi connectivity index (χ0n) is 13.6. The lowest BCUT2D eigenvalue weighted by molar-refractivity contribution is 0.240. The van der Waals surface area contributed by atoms with E-state index in [1.165, 1.54) is 0 Å². The molecule has 0 fully saturated rings. The quantitative estimate of drug-likeness (QED) is 0.826. The van der Waals surface area contributed by atoms with Crippen LogP contribution in [0.1, 0.15) is 5.56 Å². The van der Waals surface area contributed by atoms with E-state index in [0.29, 0.717) is 13.1 Å². The van der Waals surface area contributed by atoms with Crippen LogP contribution in [-0.2, 0) is 6.54 Å². The van der Waals surface area contributed by atoms with Gasteiger partial charge in [0.2, 0.25) is 0 Å². The summed E-state index contributed by atoms with van der Waals surface area (Å²) in [6.07, 6.45) is 0. The third-order valence-electron chi connectivity index (χ3n) is 3.52. The second-order valence-electron chi connectivity index (χ2n) is 5.22. The van der Waals surface area contributed by atoms with Crippen molar-refractivity contribution in [3.05, 3.63) is 60.2 Å². The molecule has 0 aliphatic rings. The van der Waals surface area contributed by atoms with Crippen molar-refractivity contribution in [3.8, 4) is 5.75 Å². The summed E-state index contributed by atoms with van der Waals surface area (Å²) in [5.41, 5.74) is 2.13. The molecule has 5 nitrogen and oxygen atoms in total. The van der Waals surface area contributed by atoms with E-state index in [0.717, 1.165) is 23.5 Å². The maximum atomic E-state index is 11.8. The summed E-state index contributed by atoms with van der Waals surface area (Å²) < 4.78 is 5.16. The number of hydrogen-bond donors (Lipinski definition) is 2. The van der Waals surface area contributed by atoms with E-state index in [4.69, 9.17) is 4.74 Å². The first-order valence-electron chi connectivity index (χ1n) is 7.60. The number of nitrogens with zero attached hydrogens (tertiary/aromatic N) is 1. The maximum absolute atomic E-state index is 11.8. The zero-order valence-corrected chi connectivity index (χ0v) is 13.6. The Hall–Kier alpha value is -2.69. The zero-order chi connectivity index (χ0) is 16.5. The first-order valence-corrected chi connectivity index (χ1v) is 7.60. The van der Waals surface area contributed by atoms with Gasteiger partial charge in [-0.15, -0.1) is 0 Å². The number of carbonyl (C=O) groups is 1. The Morgan fingerprint density at radius 1 is 1.09 bits per heavy atom. The highest BCUT2D eigenvalue weighted by molar-refractivity contribution is 5.73. The van der Waals surface area contributed by atoms with Crippen molar-refractivity contribution in [1.29, 1.82) is 0 Å². The number of benzene rings is 2. The van der Waals surface area contributed by atoms with E-state index in [1.54, 1.807) is 7.11 Å². The number of rotatable bonds is 7. The molecule has 2 amide bonds. The fourth-order valence-corrected chi connectivity index (χ4v) is 2.18. The number of para-hydroxylation sites is 1. The normalized spacial score (nSPS) is 10.0. The number of amides is 2. The third kappa shape index (κ3) is 5.54. The predicted molar refractivity (Wildman–Crippen MR) is 92.9 cm³/mol. The molecule has 0 unspecified atom stereocenters. The molecule has 122 valence electrons. The number of nitrogens with one attached hydrogen (secondary N) is 2. The molecule has 0 aliphatic heterocycles. The molecule has 5 heteroatoms. The van der Waals surface area contributed by atoms with Crippen molar-refractivity contribution in [2.24, 2.45) is 0 Å². The Morgan fingerprint density at radius 2 is 1.87 bits per heavy atom. The first-order chi connectivity index (χ1) is 11.2. The smallest absolute Gasteiger partial charge is 0.315 e. The number of carbonyl (C=O) groups excluding carboxylic acids is 1. The average molecular weight is 313 g/mol. The molecule has 0 bridgehead atoms. The van der Waals surface area contributed by atoms with Crippen molar-refractivity contribution in [3.63, 3.8) is 0 Å². The van der Waals surface area contributed by atoms with Crippen LogP contribution in [0.15, 0.2) is 54.6 Å². The standard InChI is InChI=1S/C18H23N3O2/c1-21(16-8-4-3-5-9-16)12-11-19-18(22)20-14-15-7-6-10-17(13-15)23-2/h3-10,13H,11-12,14H2,1-2H3,(H2,19,20,22). The third-order valence-corrected chi connectivity index (χ3v) is 3.52. The van der Waals surface area contributed by atoms with Gasteiger partial charge in [-0.3, -0.25) is 0 Å². The van der Waals surface area contributed by atoms with E-state index in [-0.39, 0.29) is 6.03 Å². The molecule has 0 spiro atoms. The van der Waals surface area contributed by atoms with Crippen LogP contribution in [-0.4, -0.2) is 33.3 Å². The molecule has 0 aliphatic carbocycles. The van der Waals surface area contributed by atoms with Crippen molar-refractivity contribution >= 4 is 11.7 Å². The molecule has 2 N–H and O–H groups in total. The van der Waals surface area contributed by atoms with Crippen LogP contribution in [0.4, 0.5) is 10.5 Å². The Balaban J connectivity index is 1.69. The Bertz CT molecular complexity index is 617. The van der Waals surface area contributed by atoms with Gasteiger partial charge in [-0.2, -0.15) is 0 Å². The summed E-state index contributed by atoms with van der Waals surface area (Å²) in [7, 11) is 3.63. The van der Waals surface area contributed by atoms with Gasteiger partial charge in [-0.1, -0.05) is 30.3 Å². The van der Waals surface area contributed by atoms with E-state index in [2.05, 4.69) is 15.5 Å². The lowest BCUT2D eigenvalue weighted by atomic mass is 10.2. The number of methoxy groups -OCH3 is 1. The molecule has 23 heavy (non-hydrogen) atoms. The van der Waals surface area contributed by atoms with Crippen LogP contribution in [0.2, 0.25) is 0 Å². The highest BCUT2D eigenvalue weighted by atomic mass is 16.5. The number of likely N-dealkylation sites (N-methyl/N-ethyl adjacent to an activating group) is 1. The number of anilines is 1. The minimum atomic E-state index is -0.172. The molecule has 0 aromatic heterocycles. The van der Waals surface area contributed by atoms with Gasteiger partial charge in [0.25, 0.3) is 0 Å². The van der Waals surface area contributed by atoms with Gasteiger partial charge in [0.05, 0.1) is 7.11 Å². The minimum absolute atomic E-state index is 0.172. The average Bonchev–Trinajstić information content (AvgIpc) is 2.61. The predicted octanol–water partition coefficient (Wildman–Crippen LogP) is 2.63.